The number of alkyl halides is 1. The van der Waals surface area contributed by atoms with Crippen molar-refractivity contribution in [2.24, 2.45) is 0 Å². The zero-order valence-electron chi connectivity index (χ0n) is 8.85. The molecule has 1 aromatic carbocycles. The molecule has 0 atom stereocenters. The minimum absolute atomic E-state index is 0.345. The summed E-state index contributed by atoms with van der Waals surface area (Å²) < 4.78 is 5.49. The number of ether oxygens (including phenoxy) is 1. The van der Waals surface area contributed by atoms with E-state index in [0.717, 1.165) is 17.0 Å². The summed E-state index contributed by atoms with van der Waals surface area (Å²) in [5.41, 5.74) is 1.76. The van der Waals surface area contributed by atoms with Crippen molar-refractivity contribution in [2.75, 3.05) is 0 Å². The molecule has 0 fully saturated rings. The van der Waals surface area contributed by atoms with E-state index in [1.165, 1.54) is 0 Å². The molecule has 0 amide bonds. The van der Waals surface area contributed by atoms with Crippen LogP contribution in [0.4, 0.5) is 0 Å². The van der Waals surface area contributed by atoms with E-state index < -0.39 is 0 Å². The molecule has 0 spiro atoms. The molecule has 0 unspecified atom stereocenters. The summed E-state index contributed by atoms with van der Waals surface area (Å²) in [4.78, 5) is 8.31. The lowest BCUT2D eigenvalue weighted by Crippen LogP contribution is -1.96. The number of aromatic nitrogens is 2. The Morgan fingerprint density at radius 1 is 1.25 bits per heavy atom. The molecule has 2 rings (SSSR count). The van der Waals surface area contributed by atoms with Crippen LogP contribution in [0.1, 0.15) is 11.3 Å². The van der Waals surface area contributed by atoms with Crippen LogP contribution in [0.25, 0.3) is 0 Å². The lowest BCUT2D eigenvalue weighted by atomic mass is 10.3. The van der Waals surface area contributed by atoms with Crippen LogP contribution >= 0.6 is 11.6 Å². The van der Waals surface area contributed by atoms with Crippen molar-refractivity contribution in [1.29, 1.82) is 0 Å². The van der Waals surface area contributed by atoms with Crippen LogP contribution in [-0.4, -0.2) is 9.97 Å². The molecule has 4 heteroatoms. The van der Waals surface area contributed by atoms with Gasteiger partial charge in [0, 0.05) is 17.5 Å². The van der Waals surface area contributed by atoms with Gasteiger partial charge in [0.25, 0.3) is 0 Å². The molecule has 0 saturated carbocycles. The van der Waals surface area contributed by atoms with Gasteiger partial charge in [-0.1, -0.05) is 18.2 Å². The molecule has 0 saturated heterocycles. The molecule has 3 nitrogen and oxygen atoms in total. The summed E-state index contributed by atoms with van der Waals surface area (Å²) in [6, 6.07) is 9.78. The van der Waals surface area contributed by atoms with E-state index in [-0.39, 0.29) is 0 Å². The van der Waals surface area contributed by atoms with Gasteiger partial charge in [0.15, 0.2) is 0 Å². The molecule has 0 N–H and O–H groups in total. The maximum Gasteiger partial charge on any atom is 0.322 e. The Hall–Kier alpha value is -1.61. The van der Waals surface area contributed by atoms with E-state index in [0.29, 0.717) is 11.9 Å². The first-order valence-corrected chi connectivity index (χ1v) is 5.44. The zero-order chi connectivity index (χ0) is 11.4. The normalized spacial score (nSPS) is 10.1. The SMILES string of the molecule is Cc1nc(Oc2ccccc2)ncc1CCl. The van der Waals surface area contributed by atoms with Crippen LogP contribution in [0.3, 0.4) is 0 Å². The fraction of sp³-hybridized carbons (Fsp3) is 0.167. The zero-order valence-corrected chi connectivity index (χ0v) is 9.61. The van der Waals surface area contributed by atoms with Crippen LogP contribution < -0.4 is 4.74 Å². The quantitative estimate of drug-likeness (QED) is 0.765. The van der Waals surface area contributed by atoms with Gasteiger partial charge in [0.1, 0.15) is 5.75 Å². The van der Waals surface area contributed by atoms with E-state index >= 15 is 0 Å². The molecule has 16 heavy (non-hydrogen) atoms. The lowest BCUT2D eigenvalue weighted by Gasteiger charge is -2.05. The summed E-state index contributed by atoms with van der Waals surface area (Å²) in [6.45, 7) is 1.89. The van der Waals surface area contributed by atoms with E-state index in [1.807, 2.05) is 37.3 Å². The van der Waals surface area contributed by atoms with Crippen LogP contribution in [0, 0.1) is 6.92 Å². The van der Waals surface area contributed by atoms with Crippen molar-refractivity contribution in [1.82, 2.24) is 9.97 Å². The predicted molar refractivity (Wildman–Crippen MR) is 62.8 cm³/mol. The highest BCUT2D eigenvalue weighted by atomic mass is 35.5. The maximum atomic E-state index is 5.72. The minimum Gasteiger partial charge on any atom is -0.424 e. The number of hydrogen-bond donors (Lipinski definition) is 0. The van der Waals surface area contributed by atoms with Gasteiger partial charge < -0.3 is 4.74 Å². The molecule has 1 heterocycles. The van der Waals surface area contributed by atoms with Gasteiger partial charge in [0.05, 0.1) is 5.88 Å². The summed E-state index contributed by atoms with van der Waals surface area (Å²) in [6.07, 6.45) is 1.69. The van der Waals surface area contributed by atoms with Gasteiger partial charge >= 0.3 is 6.01 Å². The molecule has 2 aromatic rings. The lowest BCUT2D eigenvalue weighted by molar-refractivity contribution is 0.439. The molecule has 82 valence electrons. The van der Waals surface area contributed by atoms with Crippen molar-refractivity contribution in [3.8, 4) is 11.8 Å². The third-order valence-corrected chi connectivity index (χ3v) is 2.44. The van der Waals surface area contributed by atoms with E-state index in [4.69, 9.17) is 16.3 Å². The second-order valence-corrected chi connectivity index (χ2v) is 3.58. The van der Waals surface area contributed by atoms with Crippen molar-refractivity contribution < 1.29 is 4.74 Å². The Kier molecular flexibility index (Phi) is 3.37. The molecule has 0 radical (unpaired) electrons. The maximum absolute atomic E-state index is 5.72. The van der Waals surface area contributed by atoms with E-state index in [1.54, 1.807) is 6.20 Å². The van der Waals surface area contributed by atoms with Gasteiger partial charge in [-0.05, 0) is 19.1 Å². The third kappa shape index (κ3) is 2.49. The number of benzene rings is 1. The molecule has 0 aliphatic heterocycles. The fourth-order valence-electron chi connectivity index (χ4n) is 1.25. The van der Waals surface area contributed by atoms with Gasteiger partial charge in [-0.25, -0.2) is 4.98 Å². The van der Waals surface area contributed by atoms with Crippen molar-refractivity contribution in [3.63, 3.8) is 0 Å². The average Bonchev–Trinajstić information content (AvgIpc) is 2.31. The smallest absolute Gasteiger partial charge is 0.322 e. The molecule has 0 aliphatic carbocycles. The number of hydrogen-bond acceptors (Lipinski definition) is 3. The van der Waals surface area contributed by atoms with Gasteiger partial charge in [-0.2, -0.15) is 4.98 Å². The molecule has 0 bridgehead atoms. The van der Waals surface area contributed by atoms with Crippen molar-refractivity contribution >= 4 is 11.6 Å². The first-order valence-electron chi connectivity index (χ1n) is 4.91. The third-order valence-electron chi connectivity index (χ3n) is 2.16. The molecular formula is C12H11ClN2O. The highest BCUT2D eigenvalue weighted by Crippen LogP contribution is 2.18. The molecule has 0 aliphatic rings. The first kappa shape index (κ1) is 10.9. The van der Waals surface area contributed by atoms with Crippen LogP contribution in [0.2, 0.25) is 0 Å². The summed E-state index contributed by atoms with van der Waals surface area (Å²) >= 11 is 5.72. The van der Waals surface area contributed by atoms with Gasteiger partial charge in [-0.3, -0.25) is 0 Å². The van der Waals surface area contributed by atoms with Gasteiger partial charge in [-0.15, -0.1) is 11.6 Å². The van der Waals surface area contributed by atoms with Crippen LogP contribution in [0.15, 0.2) is 36.5 Å². The molecular weight excluding hydrogens is 224 g/mol. The summed E-state index contributed by atoms with van der Waals surface area (Å²) in [7, 11) is 0. The number of rotatable bonds is 3. The highest BCUT2D eigenvalue weighted by molar-refractivity contribution is 6.17. The number of para-hydroxylation sites is 1. The second kappa shape index (κ2) is 4.94. The van der Waals surface area contributed by atoms with Crippen LogP contribution in [-0.2, 0) is 5.88 Å². The minimum atomic E-state index is 0.345. The Labute approximate surface area is 99.1 Å². The second-order valence-electron chi connectivity index (χ2n) is 3.31. The van der Waals surface area contributed by atoms with Crippen LogP contribution in [0.5, 0.6) is 11.8 Å². The van der Waals surface area contributed by atoms with E-state index in [2.05, 4.69) is 9.97 Å². The predicted octanol–water partition coefficient (Wildman–Crippen LogP) is 3.32. The topological polar surface area (TPSA) is 35.0 Å². The Morgan fingerprint density at radius 3 is 2.62 bits per heavy atom. The molecule has 1 aromatic heterocycles. The van der Waals surface area contributed by atoms with E-state index in [9.17, 15) is 0 Å². The Balaban J connectivity index is 2.20. The van der Waals surface area contributed by atoms with Crippen molar-refractivity contribution in [2.45, 2.75) is 12.8 Å². The first-order chi connectivity index (χ1) is 7.79. The largest absolute Gasteiger partial charge is 0.424 e. The number of aryl methyl sites for hydroxylation is 1. The Bertz CT molecular complexity index is 474. The van der Waals surface area contributed by atoms with Crippen molar-refractivity contribution in [3.05, 3.63) is 47.8 Å². The summed E-state index contributed by atoms with van der Waals surface area (Å²) in [5.74, 6) is 1.14. The summed E-state index contributed by atoms with van der Waals surface area (Å²) in [5, 5.41) is 0. The monoisotopic (exact) mass is 234 g/mol. The van der Waals surface area contributed by atoms with Gasteiger partial charge in [0.2, 0.25) is 0 Å². The number of halogens is 1. The highest BCUT2D eigenvalue weighted by Gasteiger charge is 2.03. The fourth-order valence-corrected chi connectivity index (χ4v) is 1.51. The number of nitrogens with zero attached hydrogens (tertiary/aromatic N) is 2. The average molecular weight is 235 g/mol. The standard InChI is InChI=1S/C12H11ClN2O/c1-9-10(7-13)8-14-12(15-9)16-11-5-3-2-4-6-11/h2-6,8H,7H2,1H3. The Morgan fingerprint density at radius 2 is 2.00 bits per heavy atom.